The SMILES string of the molecule is O=CC1NCC[NH+]1[O-]. The number of hydrogen-bond donors (Lipinski definition) is 2. The average molecular weight is 116 g/mol. The maximum absolute atomic E-state index is 10.5. The standard InChI is InChI=1S/C4H8N2O2/c7-3-4-5-1-2-6(4)8/h3-6H,1-2H2. The molecule has 1 heterocycles. The molecule has 4 nitrogen and oxygen atoms in total. The van der Waals surface area contributed by atoms with Crippen LogP contribution in [-0.4, -0.2) is 25.5 Å². The van der Waals surface area contributed by atoms with Crippen molar-refractivity contribution in [3.63, 3.8) is 0 Å². The van der Waals surface area contributed by atoms with Crippen molar-refractivity contribution in [2.24, 2.45) is 0 Å². The van der Waals surface area contributed by atoms with Gasteiger partial charge in [-0.2, -0.15) is 0 Å². The molecule has 1 saturated heterocycles. The van der Waals surface area contributed by atoms with Crippen LogP contribution in [0.25, 0.3) is 0 Å². The van der Waals surface area contributed by atoms with Crippen LogP contribution in [0.4, 0.5) is 0 Å². The summed E-state index contributed by atoms with van der Waals surface area (Å²) in [5, 5.41) is 13.3. The lowest BCUT2D eigenvalue weighted by Crippen LogP contribution is -3.10. The van der Waals surface area contributed by atoms with Gasteiger partial charge < -0.3 is 10.3 Å². The minimum absolute atomic E-state index is 0.0139. The van der Waals surface area contributed by atoms with Crippen LogP contribution in [0, 0.1) is 5.21 Å². The molecule has 0 aromatic heterocycles. The molecule has 0 radical (unpaired) electrons. The third-order valence-corrected chi connectivity index (χ3v) is 1.22. The highest BCUT2D eigenvalue weighted by atomic mass is 16.5. The molecule has 0 aromatic rings. The van der Waals surface area contributed by atoms with Gasteiger partial charge in [0.15, 0.2) is 12.5 Å². The molecular weight excluding hydrogens is 108 g/mol. The molecule has 8 heavy (non-hydrogen) atoms. The van der Waals surface area contributed by atoms with Crippen molar-refractivity contribution in [1.29, 1.82) is 0 Å². The monoisotopic (exact) mass is 116 g/mol. The summed E-state index contributed by atoms with van der Waals surface area (Å²) in [4.78, 5) is 9.93. The van der Waals surface area contributed by atoms with Gasteiger partial charge in [-0.1, -0.05) is 0 Å². The number of aldehydes is 1. The zero-order chi connectivity index (χ0) is 5.98. The lowest BCUT2D eigenvalue weighted by Gasteiger charge is -2.17. The fourth-order valence-corrected chi connectivity index (χ4v) is 0.744. The van der Waals surface area contributed by atoms with Gasteiger partial charge in [0, 0.05) is 0 Å². The van der Waals surface area contributed by atoms with Crippen LogP contribution in [0.2, 0.25) is 0 Å². The lowest BCUT2D eigenvalue weighted by atomic mass is 10.6. The first-order valence-electron chi connectivity index (χ1n) is 2.56. The summed E-state index contributed by atoms with van der Waals surface area (Å²) in [5.74, 6) is 0. The van der Waals surface area contributed by atoms with Crippen LogP contribution >= 0.6 is 0 Å². The second-order valence-corrected chi connectivity index (χ2v) is 1.78. The van der Waals surface area contributed by atoms with Crippen LogP contribution < -0.4 is 10.4 Å². The van der Waals surface area contributed by atoms with Gasteiger partial charge in [0.2, 0.25) is 0 Å². The van der Waals surface area contributed by atoms with Crippen LogP contribution in [0.5, 0.6) is 0 Å². The molecule has 2 N–H and O–H groups in total. The van der Waals surface area contributed by atoms with Crippen molar-refractivity contribution < 1.29 is 9.86 Å². The Balaban J connectivity index is 2.41. The fourth-order valence-electron chi connectivity index (χ4n) is 0.744. The van der Waals surface area contributed by atoms with Crippen molar-refractivity contribution in [2.45, 2.75) is 6.17 Å². The molecule has 0 amide bonds. The Morgan fingerprint density at radius 1 is 1.88 bits per heavy atom. The Kier molecular flexibility index (Phi) is 1.57. The molecule has 1 aliphatic rings. The highest BCUT2D eigenvalue weighted by molar-refractivity contribution is 5.54. The van der Waals surface area contributed by atoms with E-state index in [0.717, 1.165) is 0 Å². The first-order valence-corrected chi connectivity index (χ1v) is 2.56. The molecule has 1 aliphatic heterocycles. The summed E-state index contributed by atoms with van der Waals surface area (Å²) >= 11 is 0. The highest BCUT2D eigenvalue weighted by Gasteiger charge is 2.19. The summed E-state index contributed by atoms with van der Waals surface area (Å²) in [6, 6.07) is 0. The largest absolute Gasteiger partial charge is 0.633 e. The fraction of sp³-hybridized carbons (Fsp3) is 0.750. The van der Waals surface area contributed by atoms with Crippen molar-refractivity contribution in [1.82, 2.24) is 5.32 Å². The minimum Gasteiger partial charge on any atom is -0.633 e. The summed E-state index contributed by atoms with van der Waals surface area (Å²) in [5.41, 5.74) is 0. The van der Waals surface area contributed by atoms with E-state index in [-0.39, 0.29) is 5.06 Å². The zero-order valence-corrected chi connectivity index (χ0v) is 4.39. The van der Waals surface area contributed by atoms with Gasteiger partial charge >= 0.3 is 0 Å². The van der Waals surface area contributed by atoms with E-state index in [0.29, 0.717) is 19.4 Å². The Hall–Kier alpha value is -0.450. The van der Waals surface area contributed by atoms with Crippen LogP contribution in [0.1, 0.15) is 0 Å². The van der Waals surface area contributed by atoms with Crippen molar-refractivity contribution in [3.05, 3.63) is 5.21 Å². The van der Waals surface area contributed by atoms with Gasteiger partial charge in [-0.15, -0.1) is 0 Å². The van der Waals surface area contributed by atoms with Crippen molar-refractivity contribution >= 4 is 6.29 Å². The number of carbonyl (C=O) groups is 1. The molecule has 0 aliphatic carbocycles. The Morgan fingerprint density at radius 2 is 2.62 bits per heavy atom. The highest BCUT2D eigenvalue weighted by Crippen LogP contribution is 1.69. The maximum Gasteiger partial charge on any atom is 0.198 e. The molecule has 0 spiro atoms. The normalized spacial score (nSPS) is 37.6. The van der Waals surface area contributed by atoms with Gasteiger partial charge in [0.1, 0.15) is 0 Å². The van der Waals surface area contributed by atoms with E-state index in [9.17, 15) is 10.0 Å². The molecule has 46 valence electrons. The molecule has 0 bridgehead atoms. The zero-order valence-electron chi connectivity index (χ0n) is 4.39. The summed E-state index contributed by atoms with van der Waals surface area (Å²) in [6.07, 6.45) is 0.144. The second-order valence-electron chi connectivity index (χ2n) is 1.78. The number of nitrogens with one attached hydrogen (secondary N) is 2. The van der Waals surface area contributed by atoms with E-state index in [2.05, 4.69) is 5.32 Å². The van der Waals surface area contributed by atoms with Crippen molar-refractivity contribution in [2.75, 3.05) is 13.1 Å². The molecule has 0 aromatic carbocycles. The topological polar surface area (TPSA) is 56.6 Å². The first-order chi connectivity index (χ1) is 3.84. The molecule has 1 fully saturated rings. The third-order valence-electron chi connectivity index (χ3n) is 1.22. The van der Waals surface area contributed by atoms with Gasteiger partial charge in [-0.25, -0.2) is 0 Å². The van der Waals surface area contributed by atoms with E-state index in [4.69, 9.17) is 0 Å². The van der Waals surface area contributed by atoms with Crippen LogP contribution in [0.3, 0.4) is 0 Å². The van der Waals surface area contributed by atoms with E-state index in [1.165, 1.54) is 0 Å². The quantitative estimate of drug-likeness (QED) is 0.294. The van der Waals surface area contributed by atoms with Gasteiger partial charge in [-0.05, 0) is 0 Å². The predicted octanol–water partition coefficient (Wildman–Crippen LogP) is -2.50. The predicted molar refractivity (Wildman–Crippen MR) is 27.1 cm³/mol. The number of hydroxylamine groups is 2. The smallest absolute Gasteiger partial charge is 0.198 e. The first kappa shape index (κ1) is 5.68. The summed E-state index contributed by atoms with van der Waals surface area (Å²) in [6.45, 7) is 1.16. The van der Waals surface area contributed by atoms with E-state index >= 15 is 0 Å². The molecule has 0 saturated carbocycles. The van der Waals surface area contributed by atoms with Crippen LogP contribution in [-0.2, 0) is 4.79 Å². The Morgan fingerprint density at radius 3 is 2.88 bits per heavy atom. The summed E-state index contributed by atoms with van der Waals surface area (Å²) < 4.78 is 0. The number of quaternary nitrogens is 1. The molecule has 4 heteroatoms. The van der Waals surface area contributed by atoms with Crippen molar-refractivity contribution in [3.8, 4) is 0 Å². The third kappa shape index (κ3) is 0.861. The molecule has 2 atom stereocenters. The van der Waals surface area contributed by atoms with Gasteiger partial charge in [-0.3, -0.25) is 10.1 Å². The Labute approximate surface area is 47.0 Å². The van der Waals surface area contributed by atoms with E-state index < -0.39 is 6.17 Å². The second kappa shape index (κ2) is 2.21. The molecular formula is C4H8N2O2. The van der Waals surface area contributed by atoms with Gasteiger partial charge in [0.25, 0.3) is 0 Å². The molecule has 1 rings (SSSR count). The minimum atomic E-state index is -0.505. The van der Waals surface area contributed by atoms with Gasteiger partial charge in [0.05, 0.1) is 13.1 Å². The Bertz CT molecular complexity index is 96.0. The summed E-state index contributed by atoms with van der Waals surface area (Å²) in [7, 11) is 0. The lowest BCUT2D eigenvalue weighted by molar-refractivity contribution is -0.850. The molecule has 2 unspecified atom stereocenters. The van der Waals surface area contributed by atoms with Crippen LogP contribution in [0.15, 0.2) is 0 Å². The average Bonchev–Trinajstić information content (AvgIpc) is 2.14. The number of carbonyl (C=O) groups excluding carboxylic acids is 1. The number of hydrogen-bond acceptors (Lipinski definition) is 3. The van der Waals surface area contributed by atoms with E-state index in [1.54, 1.807) is 0 Å². The maximum atomic E-state index is 10.5. The van der Waals surface area contributed by atoms with E-state index in [1.807, 2.05) is 0 Å². The number of rotatable bonds is 1.